The van der Waals surface area contributed by atoms with E-state index in [-0.39, 0.29) is 0 Å². The van der Waals surface area contributed by atoms with Crippen LogP contribution in [0.25, 0.3) is 107 Å². The second-order valence-corrected chi connectivity index (χ2v) is 15.1. The lowest BCUT2D eigenvalue weighted by atomic mass is 10.0. The van der Waals surface area contributed by atoms with Crippen LogP contribution in [0.3, 0.4) is 0 Å². The number of para-hydroxylation sites is 1. The molecule has 3 nitrogen and oxygen atoms in total. The molecule has 4 heterocycles. The zero-order chi connectivity index (χ0) is 33.5. The Hall–Kier alpha value is -6.14. The summed E-state index contributed by atoms with van der Waals surface area (Å²) >= 11 is 3.65. The second-order valence-electron chi connectivity index (χ2n) is 13.0. The van der Waals surface area contributed by atoms with Gasteiger partial charge < -0.3 is 4.42 Å². The van der Waals surface area contributed by atoms with E-state index in [0.717, 1.165) is 50.0 Å². The van der Waals surface area contributed by atoms with Gasteiger partial charge in [0.1, 0.15) is 11.2 Å². The topological polar surface area (TPSA) is 38.9 Å². The van der Waals surface area contributed by atoms with Crippen LogP contribution in [0.5, 0.6) is 0 Å². The van der Waals surface area contributed by atoms with Crippen LogP contribution in [0.1, 0.15) is 0 Å². The maximum Gasteiger partial charge on any atom is 0.160 e. The summed E-state index contributed by atoms with van der Waals surface area (Å²) in [7, 11) is 0. The van der Waals surface area contributed by atoms with Gasteiger partial charge in [0.25, 0.3) is 0 Å². The summed E-state index contributed by atoms with van der Waals surface area (Å²) in [4.78, 5) is 10.5. The fourth-order valence-corrected chi connectivity index (χ4v) is 9.70. The van der Waals surface area contributed by atoms with Crippen LogP contribution in [-0.4, -0.2) is 9.97 Å². The number of aromatic nitrogens is 2. The zero-order valence-electron chi connectivity index (χ0n) is 27.1. The minimum Gasteiger partial charge on any atom is -0.456 e. The van der Waals surface area contributed by atoms with Gasteiger partial charge >= 0.3 is 0 Å². The van der Waals surface area contributed by atoms with Crippen LogP contribution in [0, 0.1) is 0 Å². The molecule has 5 heteroatoms. The van der Waals surface area contributed by atoms with E-state index in [9.17, 15) is 0 Å². The summed E-state index contributed by atoms with van der Waals surface area (Å²) < 4.78 is 11.2. The van der Waals surface area contributed by atoms with Crippen LogP contribution in [0.4, 0.5) is 0 Å². The fraction of sp³-hybridized carbons (Fsp3) is 0. The predicted molar refractivity (Wildman–Crippen MR) is 217 cm³/mol. The monoisotopic (exact) mass is 686 g/mol. The highest BCUT2D eigenvalue weighted by Crippen LogP contribution is 2.40. The van der Waals surface area contributed by atoms with Crippen molar-refractivity contribution in [1.82, 2.24) is 9.97 Å². The Morgan fingerprint density at radius 3 is 1.65 bits per heavy atom. The van der Waals surface area contributed by atoms with Crippen LogP contribution < -0.4 is 0 Å². The molecule has 0 bridgehead atoms. The average molecular weight is 687 g/mol. The lowest BCUT2D eigenvalue weighted by Gasteiger charge is -2.10. The molecule has 0 aliphatic rings. The number of hydrogen-bond donors (Lipinski definition) is 0. The molecule has 0 aliphatic heterocycles. The molecule has 11 rings (SSSR count). The van der Waals surface area contributed by atoms with E-state index in [1.54, 1.807) is 0 Å². The molecule has 51 heavy (non-hydrogen) atoms. The van der Waals surface area contributed by atoms with E-state index >= 15 is 0 Å². The number of thiophene rings is 2. The number of fused-ring (bicyclic) bond motifs is 9. The third-order valence-electron chi connectivity index (χ3n) is 9.91. The minimum atomic E-state index is 0.709. The fourth-order valence-electron chi connectivity index (χ4n) is 7.37. The maximum atomic E-state index is 6.16. The molecule has 0 saturated heterocycles. The van der Waals surface area contributed by atoms with Gasteiger partial charge in [-0.1, -0.05) is 103 Å². The van der Waals surface area contributed by atoms with E-state index < -0.39 is 0 Å². The van der Waals surface area contributed by atoms with Crippen molar-refractivity contribution >= 4 is 85.0 Å². The largest absolute Gasteiger partial charge is 0.456 e. The summed E-state index contributed by atoms with van der Waals surface area (Å²) in [5, 5.41) is 7.27. The molecule has 0 amide bonds. The summed E-state index contributed by atoms with van der Waals surface area (Å²) in [6.45, 7) is 0. The molecule has 0 fully saturated rings. The molecule has 238 valence electrons. The van der Waals surface area contributed by atoms with Gasteiger partial charge in [0, 0.05) is 67.8 Å². The SMILES string of the molecule is c1ccc(-c2ccc3c(c2)sc2cc(-c4nc(-c5ccc6c(c5)sc5ccccc56)cc(-c5ccc6oc7ccccc7c6c5)n4)ccc23)cc1. The molecular weight excluding hydrogens is 661 g/mol. The molecular formula is C46H26N2OS2. The molecule has 0 saturated carbocycles. The van der Waals surface area contributed by atoms with Crippen molar-refractivity contribution in [1.29, 1.82) is 0 Å². The van der Waals surface area contributed by atoms with Crippen molar-refractivity contribution in [2.75, 3.05) is 0 Å². The van der Waals surface area contributed by atoms with Gasteiger partial charge in [0.2, 0.25) is 0 Å². The van der Waals surface area contributed by atoms with Gasteiger partial charge in [-0.2, -0.15) is 0 Å². The number of hydrogen-bond acceptors (Lipinski definition) is 5. The van der Waals surface area contributed by atoms with Crippen molar-refractivity contribution in [2.24, 2.45) is 0 Å². The molecule has 11 aromatic rings. The van der Waals surface area contributed by atoms with Crippen LogP contribution in [0.15, 0.2) is 162 Å². The first-order chi connectivity index (χ1) is 25.2. The predicted octanol–water partition coefficient (Wildman–Crippen LogP) is 13.8. The van der Waals surface area contributed by atoms with Crippen LogP contribution in [0.2, 0.25) is 0 Å². The molecule has 0 radical (unpaired) electrons. The molecule has 0 aliphatic carbocycles. The van der Waals surface area contributed by atoms with E-state index in [2.05, 4.69) is 146 Å². The van der Waals surface area contributed by atoms with Gasteiger partial charge in [0.15, 0.2) is 5.82 Å². The highest BCUT2D eigenvalue weighted by Gasteiger charge is 2.16. The smallest absolute Gasteiger partial charge is 0.160 e. The molecule has 7 aromatic carbocycles. The quantitative estimate of drug-likeness (QED) is 0.185. The molecule has 0 N–H and O–H groups in total. The van der Waals surface area contributed by atoms with Crippen LogP contribution >= 0.6 is 22.7 Å². The molecule has 4 aromatic heterocycles. The minimum absolute atomic E-state index is 0.709. The Morgan fingerprint density at radius 2 is 0.863 bits per heavy atom. The Balaban J connectivity index is 1.09. The van der Waals surface area contributed by atoms with Crippen molar-refractivity contribution in [3.63, 3.8) is 0 Å². The van der Waals surface area contributed by atoms with Crippen molar-refractivity contribution in [3.8, 4) is 45.0 Å². The highest BCUT2D eigenvalue weighted by molar-refractivity contribution is 7.26. The summed E-state index contributed by atoms with van der Waals surface area (Å²) in [5.41, 5.74) is 9.09. The number of rotatable bonds is 4. The summed E-state index contributed by atoms with van der Waals surface area (Å²) in [6, 6.07) is 56.1. The summed E-state index contributed by atoms with van der Waals surface area (Å²) in [6.07, 6.45) is 0. The van der Waals surface area contributed by atoms with Crippen LogP contribution in [-0.2, 0) is 0 Å². The van der Waals surface area contributed by atoms with Gasteiger partial charge in [0.05, 0.1) is 11.4 Å². The van der Waals surface area contributed by atoms with Gasteiger partial charge in [-0.25, -0.2) is 9.97 Å². The first-order valence-corrected chi connectivity index (χ1v) is 18.6. The second kappa shape index (κ2) is 11.2. The van der Waals surface area contributed by atoms with E-state index in [0.29, 0.717) is 5.82 Å². The lowest BCUT2D eigenvalue weighted by Crippen LogP contribution is -1.96. The first kappa shape index (κ1) is 28.7. The Bertz CT molecular complexity index is 3150. The lowest BCUT2D eigenvalue weighted by molar-refractivity contribution is 0.669. The third kappa shape index (κ3) is 4.70. The maximum absolute atomic E-state index is 6.16. The average Bonchev–Trinajstić information content (AvgIpc) is 3.88. The standard InChI is InChI=1S/C46H26N2OS2/c1-2-8-27(9-3-1)28-14-18-35-36-20-16-31(25-45(36)51-43(35)23-28)46-47-38(29-17-21-41-37(22-29)32-10-4-6-12-40(32)49-41)26-39(48-46)30-15-19-34-33-11-5-7-13-42(33)50-44(34)24-30/h1-26H. The number of nitrogens with zero attached hydrogens (tertiary/aromatic N) is 2. The zero-order valence-corrected chi connectivity index (χ0v) is 28.8. The molecule has 0 atom stereocenters. The summed E-state index contributed by atoms with van der Waals surface area (Å²) in [5.74, 6) is 0.709. The molecule has 0 unspecified atom stereocenters. The Kier molecular flexibility index (Phi) is 6.29. The van der Waals surface area contributed by atoms with Crippen molar-refractivity contribution < 1.29 is 4.42 Å². The van der Waals surface area contributed by atoms with Gasteiger partial charge in [-0.15, -0.1) is 22.7 Å². The van der Waals surface area contributed by atoms with Gasteiger partial charge in [-0.3, -0.25) is 0 Å². The van der Waals surface area contributed by atoms with Crippen molar-refractivity contribution in [2.45, 2.75) is 0 Å². The normalized spacial score (nSPS) is 11.9. The Labute approximate surface area is 300 Å². The van der Waals surface area contributed by atoms with E-state index in [4.69, 9.17) is 14.4 Å². The first-order valence-electron chi connectivity index (χ1n) is 17.0. The van der Waals surface area contributed by atoms with E-state index in [1.165, 1.54) is 51.5 Å². The Morgan fingerprint density at radius 1 is 0.333 bits per heavy atom. The van der Waals surface area contributed by atoms with Crippen molar-refractivity contribution in [3.05, 3.63) is 158 Å². The number of furan rings is 1. The number of benzene rings is 7. The third-order valence-corrected chi connectivity index (χ3v) is 12.2. The van der Waals surface area contributed by atoms with Gasteiger partial charge in [-0.05, 0) is 65.7 Å². The van der Waals surface area contributed by atoms with E-state index in [1.807, 2.05) is 34.8 Å². The highest BCUT2D eigenvalue weighted by atomic mass is 32.1. The molecule has 0 spiro atoms.